The first kappa shape index (κ1) is 75.8. The van der Waals surface area contributed by atoms with Crippen LogP contribution in [0.2, 0.25) is 0 Å². The molecule has 0 atom stereocenters. The van der Waals surface area contributed by atoms with Crippen molar-refractivity contribution >= 4 is 55.4 Å². The number of hydrogen-bond donors (Lipinski definition) is 0. The Morgan fingerprint density at radius 3 is 1.23 bits per heavy atom. The monoisotopic (exact) mass is 1340 g/mol. The number of hydrogen-bond acceptors (Lipinski definition) is 9. The molecule has 0 saturated carbocycles. The first-order valence-electron chi connectivity index (χ1n) is 28.0. The summed E-state index contributed by atoms with van der Waals surface area (Å²) in [6.45, 7) is 14.4. The van der Waals surface area contributed by atoms with Crippen molar-refractivity contribution in [1.82, 2.24) is 0 Å². The van der Waals surface area contributed by atoms with E-state index >= 15 is 0 Å². The smallest absolute Gasteiger partial charge is 0.850 e. The zero-order valence-corrected chi connectivity index (χ0v) is 56.2. The third kappa shape index (κ3) is 22.0. The van der Waals surface area contributed by atoms with E-state index < -0.39 is 63.7 Å². The van der Waals surface area contributed by atoms with Crippen LogP contribution in [0.4, 0.5) is 35.1 Å². The van der Waals surface area contributed by atoms with Crippen LogP contribution in [-0.4, -0.2) is 82.8 Å². The molecule has 0 N–H and O–H groups in total. The first-order chi connectivity index (χ1) is 41.4. The number of ether oxygens (including phenoxy) is 6. The maximum atomic E-state index is 13.5. The zero-order chi connectivity index (χ0) is 63.8. The van der Waals surface area contributed by atoms with Crippen molar-refractivity contribution in [1.29, 1.82) is 0 Å². The molecule has 3 aliphatic rings. The van der Waals surface area contributed by atoms with Crippen molar-refractivity contribution in [2.24, 2.45) is 0 Å². The minimum absolute atomic E-state index is 0. The van der Waals surface area contributed by atoms with Gasteiger partial charge in [0.1, 0.15) is 6.29 Å². The van der Waals surface area contributed by atoms with Crippen LogP contribution in [0.1, 0.15) is 84.3 Å². The minimum Gasteiger partial charge on any atom is -0.850 e. The molecule has 3 heterocycles. The van der Waals surface area contributed by atoms with Crippen molar-refractivity contribution in [2.45, 2.75) is 98.6 Å². The van der Waals surface area contributed by atoms with E-state index in [1.54, 1.807) is 45.9 Å². The Bertz CT molecular complexity index is 3230. The van der Waals surface area contributed by atoms with Crippen molar-refractivity contribution in [3.05, 3.63) is 237 Å². The zero-order valence-electron chi connectivity index (χ0n) is 50.6. The molecule has 0 unspecified atom stereocenters. The van der Waals surface area contributed by atoms with E-state index in [4.69, 9.17) is 28.4 Å². The van der Waals surface area contributed by atoms with E-state index in [-0.39, 0.29) is 112 Å². The Morgan fingerprint density at radius 2 is 0.830 bits per heavy atom. The van der Waals surface area contributed by atoms with Gasteiger partial charge in [-0.1, -0.05) is 69.3 Å². The molecule has 20 heteroatoms. The predicted octanol–water partition coefficient (Wildman–Crippen LogP) is 11.3. The molecule has 3 saturated heterocycles. The van der Waals surface area contributed by atoms with Gasteiger partial charge in [0, 0.05) is 19.8 Å². The summed E-state index contributed by atoms with van der Waals surface area (Å²) in [5.74, 6) is -6.83. The van der Waals surface area contributed by atoms with Gasteiger partial charge in [-0.15, -0.1) is 5.60 Å². The molecule has 7 aromatic carbocycles. The van der Waals surface area contributed by atoms with Crippen molar-refractivity contribution in [2.75, 3.05) is 45.8 Å². The molecular formula is C68H75BrF8KO9P. The fraction of sp³-hybridized carbons (Fsp3) is 0.324. The minimum atomic E-state index is -2.94. The number of benzene rings is 7. The summed E-state index contributed by atoms with van der Waals surface area (Å²) in [7, 11) is 0. The van der Waals surface area contributed by atoms with Crippen LogP contribution in [0, 0.1) is 74.2 Å². The fourth-order valence-corrected chi connectivity index (χ4v) is 16.3. The Morgan fingerprint density at radius 1 is 0.489 bits per heavy atom. The second-order valence-corrected chi connectivity index (χ2v) is 30.2. The molecule has 0 aliphatic carbocycles. The van der Waals surface area contributed by atoms with Gasteiger partial charge < -0.3 is 28.8 Å². The molecular weight excluding hydrogens is 1260 g/mol. The fourth-order valence-electron chi connectivity index (χ4n) is 8.80. The third-order valence-electron chi connectivity index (χ3n) is 13.5. The molecule has 0 bridgehead atoms. The van der Waals surface area contributed by atoms with E-state index in [9.17, 15) is 49.8 Å². The second kappa shape index (κ2) is 37.0. The number of aldehydes is 2. The van der Waals surface area contributed by atoms with E-state index in [1.165, 1.54) is 79.2 Å². The van der Waals surface area contributed by atoms with Gasteiger partial charge in [0.2, 0.25) is 0 Å². The average Bonchev–Trinajstić information content (AvgIpc) is 1.06. The van der Waals surface area contributed by atoms with E-state index in [2.05, 4.69) is 106 Å². The molecule has 3 aliphatic heterocycles. The second-order valence-electron chi connectivity index (χ2n) is 21.2. The van der Waals surface area contributed by atoms with Crippen LogP contribution in [0.5, 0.6) is 0 Å². The average molecular weight is 1340 g/mol. The molecule has 88 heavy (non-hydrogen) atoms. The van der Waals surface area contributed by atoms with Crippen LogP contribution in [0.25, 0.3) is 6.08 Å². The van der Waals surface area contributed by atoms with Gasteiger partial charge in [0.05, 0.1) is 32.0 Å². The SMILES string of the molecule is BrP(CC1OCCO1)(c1ccccc1)(c1ccccc1)c1ccccc1.CC(C)(C)[O-].Cc1ccc(C=CC2OCCO2)c(F)c1F.Cc1ccc(C=O)c(F)c1F.Cc1ccc(CCC2OCCO2)c(F)c1F.Cc1ccc(CCC=O)c(F)c1F.[HH].[K+]. The van der Waals surface area contributed by atoms with Crippen molar-refractivity contribution < 1.29 is 131 Å². The molecule has 0 amide bonds. The van der Waals surface area contributed by atoms with Crippen molar-refractivity contribution in [3.63, 3.8) is 0 Å². The van der Waals surface area contributed by atoms with Crippen LogP contribution < -0.4 is 72.4 Å². The quantitative estimate of drug-likeness (QED) is 0.0455. The Labute approximate surface area is 562 Å². The molecule has 9 nitrogen and oxygen atoms in total. The van der Waals surface area contributed by atoms with Crippen LogP contribution >= 0.6 is 20.8 Å². The number of rotatable bonds is 14. The summed E-state index contributed by atoms with van der Waals surface area (Å²) in [5, 5.41) is 11.0. The number of carbonyl (C=O) groups excluding carboxylic acids is 2. The molecule has 0 radical (unpaired) electrons. The van der Waals surface area contributed by atoms with Crippen molar-refractivity contribution in [3.8, 4) is 0 Å². The first-order valence-corrected chi connectivity index (χ1v) is 32.5. The summed E-state index contributed by atoms with van der Waals surface area (Å²) >= 11 is 4.40. The predicted molar refractivity (Wildman–Crippen MR) is 329 cm³/mol. The number of carbonyl (C=O) groups is 2. The van der Waals surface area contributed by atoms with Gasteiger partial charge in [-0.3, -0.25) is 4.79 Å². The van der Waals surface area contributed by atoms with Crippen LogP contribution in [-0.2, 0) is 46.1 Å². The number of halogens is 9. The molecule has 470 valence electrons. The molecule has 0 spiro atoms. The van der Waals surface area contributed by atoms with Gasteiger partial charge in [-0.25, -0.2) is 35.1 Å². The topological polar surface area (TPSA) is 113 Å². The Balaban J connectivity index is 0.000000293. The third-order valence-corrected chi connectivity index (χ3v) is 23.1. The largest absolute Gasteiger partial charge is 1.00 e. The summed E-state index contributed by atoms with van der Waals surface area (Å²) in [6.07, 6.45) is 5.30. The van der Waals surface area contributed by atoms with Gasteiger partial charge in [0.25, 0.3) is 0 Å². The van der Waals surface area contributed by atoms with Crippen LogP contribution in [0.15, 0.2) is 146 Å². The van der Waals surface area contributed by atoms with Crippen LogP contribution in [0.3, 0.4) is 0 Å². The maximum Gasteiger partial charge on any atom is 1.00 e. The number of aryl methyl sites for hydroxylation is 6. The van der Waals surface area contributed by atoms with E-state index in [0.29, 0.717) is 75.5 Å². The summed E-state index contributed by atoms with van der Waals surface area (Å²) < 4.78 is 137. The normalized spacial score (nSPS) is 14.6. The van der Waals surface area contributed by atoms with E-state index in [0.717, 1.165) is 6.16 Å². The van der Waals surface area contributed by atoms with E-state index in [1.807, 2.05) is 0 Å². The molecule has 3 fully saturated rings. The Hall–Kier alpha value is -4.67. The Kier molecular flexibility index (Phi) is 31.9. The van der Waals surface area contributed by atoms with Gasteiger partial charge in [0.15, 0.2) is 65.4 Å². The summed E-state index contributed by atoms with van der Waals surface area (Å²) in [4.78, 5) is 20.1. The molecule has 10 rings (SSSR count). The van der Waals surface area contributed by atoms with Gasteiger partial charge in [-0.05, 0) is 86.1 Å². The summed E-state index contributed by atoms with van der Waals surface area (Å²) in [5.41, 5.74) is 0.950. The standard InChI is InChI=1S/C22H22BrO2P.C12H14F2O2.C12H12F2O2.C10H10F2O.C8H6F2O.C4H9O.K.H2/c23-26(18-22-24-16-17-25-22,19-10-4-1-5-11-19,20-12-6-2-7-13-20)21-14-8-3-9-15-21;2*1-8-2-3-9(12(14)11(8)13)4-5-10-15-6-7-16-10;1-7-4-5-8(3-2-6-13)10(12)9(7)11;1-5-2-3-6(4-11)8(10)7(5)9;1-4(2,3)5;;/h1-15,22H,16-18H2;2-3,10H,4-7H2,1H3;2-5,10H,6-7H2,1H3;4-6H,2-3H2,1H3;2-4H,1H3;1-3H3;;1H/q;;;;;-1;+1;. The maximum absolute atomic E-state index is 13.5. The molecule has 7 aromatic rings. The van der Waals surface area contributed by atoms with Gasteiger partial charge in [-0.2, -0.15) is 0 Å². The summed E-state index contributed by atoms with van der Waals surface area (Å²) in [6, 6.07) is 44.1. The molecule has 0 aromatic heterocycles. The van der Waals surface area contributed by atoms with Gasteiger partial charge >= 0.3 is 214 Å².